The van der Waals surface area contributed by atoms with Gasteiger partial charge in [-0.25, -0.2) is 0 Å². The van der Waals surface area contributed by atoms with Crippen molar-refractivity contribution in [3.05, 3.63) is 47.4 Å². The summed E-state index contributed by atoms with van der Waals surface area (Å²) >= 11 is 0. The molecule has 82 valence electrons. The third-order valence-electron chi connectivity index (χ3n) is 2.18. The van der Waals surface area contributed by atoms with E-state index in [2.05, 4.69) is 19.1 Å². The molecule has 0 heterocycles. The van der Waals surface area contributed by atoms with Gasteiger partial charge in [-0.1, -0.05) is 17.7 Å². The van der Waals surface area contributed by atoms with E-state index in [1.54, 1.807) is 0 Å². The molecule has 0 fully saturated rings. The van der Waals surface area contributed by atoms with Crippen molar-refractivity contribution < 1.29 is 4.74 Å². The summed E-state index contributed by atoms with van der Waals surface area (Å²) < 4.78 is 5.57. The van der Waals surface area contributed by atoms with Crippen LogP contribution in [0.2, 0.25) is 0 Å². The first-order chi connectivity index (χ1) is 7.22. The highest BCUT2D eigenvalue weighted by atomic mass is 16.5. The molecule has 0 amide bonds. The summed E-state index contributed by atoms with van der Waals surface area (Å²) in [6.07, 6.45) is 12.1. The smallest absolute Gasteiger partial charge is 0.127 e. The Morgan fingerprint density at radius 1 is 1.60 bits per heavy atom. The maximum atomic E-state index is 5.75. The van der Waals surface area contributed by atoms with Crippen LogP contribution in [0.4, 0.5) is 0 Å². The topological polar surface area (TPSA) is 35.2 Å². The van der Waals surface area contributed by atoms with E-state index in [4.69, 9.17) is 10.5 Å². The molecule has 2 N–H and O–H groups in total. The lowest BCUT2D eigenvalue weighted by Crippen LogP contribution is -2.06. The first kappa shape index (κ1) is 11.6. The van der Waals surface area contributed by atoms with Crippen LogP contribution in [-0.4, -0.2) is 6.61 Å². The summed E-state index contributed by atoms with van der Waals surface area (Å²) in [6.45, 7) is 4.54. The molecule has 2 heteroatoms. The average molecular weight is 205 g/mol. The van der Waals surface area contributed by atoms with E-state index in [0.29, 0.717) is 6.61 Å². The molecule has 0 aliphatic heterocycles. The summed E-state index contributed by atoms with van der Waals surface area (Å²) in [7, 11) is 0. The molecule has 0 spiro atoms. The van der Waals surface area contributed by atoms with Gasteiger partial charge in [0.25, 0.3) is 0 Å². The van der Waals surface area contributed by atoms with Gasteiger partial charge in [0.2, 0.25) is 0 Å². The maximum absolute atomic E-state index is 5.75. The fraction of sp³-hybridized carbons (Fsp3) is 0.385. The van der Waals surface area contributed by atoms with E-state index in [1.807, 2.05) is 25.2 Å². The Bertz CT molecular complexity index is 321. The van der Waals surface area contributed by atoms with E-state index in [9.17, 15) is 0 Å². The molecule has 0 atom stereocenters. The lowest BCUT2D eigenvalue weighted by Gasteiger charge is -2.12. The number of rotatable bonds is 4. The van der Waals surface area contributed by atoms with Crippen LogP contribution >= 0.6 is 0 Å². The molecule has 0 radical (unpaired) electrons. The van der Waals surface area contributed by atoms with Crippen LogP contribution in [0, 0.1) is 0 Å². The van der Waals surface area contributed by atoms with E-state index < -0.39 is 0 Å². The van der Waals surface area contributed by atoms with Crippen LogP contribution in [0.15, 0.2) is 47.4 Å². The van der Waals surface area contributed by atoms with Crippen molar-refractivity contribution in [3.63, 3.8) is 0 Å². The molecule has 0 unspecified atom stereocenters. The van der Waals surface area contributed by atoms with Gasteiger partial charge in [-0.05, 0) is 44.9 Å². The SMILES string of the molecule is C/C=C\C=C(/N)COC1=CCCC(C)=C1. The Balaban J connectivity index is 2.40. The van der Waals surface area contributed by atoms with Crippen LogP contribution in [0.5, 0.6) is 0 Å². The monoisotopic (exact) mass is 205 g/mol. The van der Waals surface area contributed by atoms with Crippen molar-refractivity contribution in [2.24, 2.45) is 5.73 Å². The van der Waals surface area contributed by atoms with Crippen LogP contribution in [0.1, 0.15) is 26.7 Å². The standard InChI is InChI=1S/C13H19NO/c1-3-4-7-12(14)10-15-13-8-5-6-11(2)9-13/h3-4,7-9H,5-6,10,14H2,1-2H3/b4-3-,12-7-. The van der Waals surface area contributed by atoms with Crippen molar-refractivity contribution in [1.29, 1.82) is 0 Å². The fourth-order valence-corrected chi connectivity index (χ4v) is 1.35. The predicted molar refractivity (Wildman–Crippen MR) is 64.1 cm³/mol. The second-order valence-corrected chi connectivity index (χ2v) is 3.69. The molecular formula is C13H19NO. The second kappa shape index (κ2) is 6.12. The summed E-state index contributed by atoms with van der Waals surface area (Å²) in [6, 6.07) is 0. The zero-order valence-corrected chi connectivity index (χ0v) is 9.49. The zero-order chi connectivity index (χ0) is 11.1. The Morgan fingerprint density at radius 2 is 2.40 bits per heavy atom. The molecule has 0 aromatic heterocycles. The minimum Gasteiger partial charge on any atom is -0.488 e. The van der Waals surface area contributed by atoms with Crippen LogP contribution in [0.3, 0.4) is 0 Å². The summed E-state index contributed by atoms with van der Waals surface area (Å²) in [5, 5.41) is 0. The van der Waals surface area contributed by atoms with E-state index in [-0.39, 0.29) is 0 Å². The molecule has 0 bridgehead atoms. The lowest BCUT2D eigenvalue weighted by molar-refractivity contribution is 0.249. The molecule has 0 aromatic rings. The van der Waals surface area contributed by atoms with Gasteiger partial charge in [0, 0.05) is 5.70 Å². The van der Waals surface area contributed by atoms with E-state index in [0.717, 1.165) is 24.3 Å². The van der Waals surface area contributed by atoms with Gasteiger partial charge in [0.15, 0.2) is 0 Å². The highest BCUT2D eigenvalue weighted by Crippen LogP contribution is 2.17. The third-order valence-corrected chi connectivity index (χ3v) is 2.18. The third kappa shape index (κ3) is 4.54. The fourth-order valence-electron chi connectivity index (χ4n) is 1.35. The molecule has 15 heavy (non-hydrogen) atoms. The summed E-state index contributed by atoms with van der Waals surface area (Å²) in [5.74, 6) is 0.940. The maximum Gasteiger partial charge on any atom is 0.127 e. The molecule has 0 aromatic carbocycles. The minimum absolute atomic E-state index is 0.458. The molecule has 1 aliphatic rings. The summed E-state index contributed by atoms with van der Waals surface area (Å²) in [5.41, 5.74) is 7.85. The second-order valence-electron chi connectivity index (χ2n) is 3.69. The number of nitrogens with two attached hydrogens (primary N) is 1. The Morgan fingerprint density at radius 3 is 3.07 bits per heavy atom. The highest BCUT2D eigenvalue weighted by molar-refractivity contribution is 5.22. The molecule has 0 saturated heterocycles. The normalized spacial score (nSPS) is 17.6. The Hall–Kier alpha value is -1.44. The quantitative estimate of drug-likeness (QED) is 0.716. The first-order valence-corrected chi connectivity index (χ1v) is 5.30. The largest absolute Gasteiger partial charge is 0.488 e. The zero-order valence-electron chi connectivity index (χ0n) is 9.49. The molecular weight excluding hydrogens is 186 g/mol. The van der Waals surface area contributed by atoms with Crippen LogP contribution < -0.4 is 5.73 Å². The highest BCUT2D eigenvalue weighted by Gasteiger charge is 2.02. The number of hydrogen-bond acceptors (Lipinski definition) is 2. The number of allylic oxidation sites excluding steroid dienone is 6. The van der Waals surface area contributed by atoms with Gasteiger partial charge >= 0.3 is 0 Å². The van der Waals surface area contributed by atoms with Crippen molar-refractivity contribution in [2.45, 2.75) is 26.7 Å². The lowest BCUT2D eigenvalue weighted by atomic mass is 10.1. The summed E-state index contributed by atoms with van der Waals surface area (Å²) in [4.78, 5) is 0. The van der Waals surface area contributed by atoms with Gasteiger partial charge in [-0.3, -0.25) is 0 Å². The minimum atomic E-state index is 0.458. The number of hydrogen-bond donors (Lipinski definition) is 1. The number of ether oxygens (including phenoxy) is 1. The van der Waals surface area contributed by atoms with Crippen molar-refractivity contribution in [2.75, 3.05) is 6.61 Å². The molecule has 2 nitrogen and oxygen atoms in total. The predicted octanol–water partition coefficient (Wildman–Crippen LogP) is 3.05. The van der Waals surface area contributed by atoms with Crippen molar-refractivity contribution >= 4 is 0 Å². The van der Waals surface area contributed by atoms with E-state index in [1.165, 1.54) is 5.57 Å². The van der Waals surface area contributed by atoms with Crippen molar-refractivity contribution in [3.8, 4) is 0 Å². The Kier molecular flexibility index (Phi) is 4.75. The molecule has 0 saturated carbocycles. The van der Waals surface area contributed by atoms with Gasteiger partial charge in [-0.15, -0.1) is 0 Å². The Labute approximate surface area is 91.8 Å². The molecule has 1 aliphatic carbocycles. The molecule has 1 rings (SSSR count). The van der Waals surface area contributed by atoms with Crippen molar-refractivity contribution in [1.82, 2.24) is 0 Å². The van der Waals surface area contributed by atoms with Gasteiger partial charge < -0.3 is 10.5 Å². The van der Waals surface area contributed by atoms with Gasteiger partial charge in [0.05, 0.1) is 0 Å². The average Bonchev–Trinajstić information content (AvgIpc) is 2.23. The van der Waals surface area contributed by atoms with Gasteiger partial charge in [-0.2, -0.15) is 0 Å². The van der Waals surface area contributed by atoms with E-state index >= 15 is 0 Å². The first-order valence-electron chi connectivity index (χ1n) is 5.30. The van der Waals surface area contributed by atoms with Crippen LogP contribution in [0.25, 0.3) is 0 Å². The van der Waals surface area contributed by atoms with Gasteiger partial charge in [0.1, 0.15) is 12.4 Å². The van der Waals surface area contributed by atoms with Crippen LogP contribution in [-0.2, 0) is 4.74 Å².